The summed E-state index contributed by atoms with van der Waals surface area (Å²) in [7, 11) is -0.972. The lowest BCUT2D eigenvalue weighted by molar-refractivity contribution is -0.141. The summed E-state index contributed by atoms with van der Waals surface area (Å²) in [5, 5.41) is 8.33. The predicted octanol–water partition coefficient (Wildman–Crippen LogP) is 4.68. The fourth-order valence-electron chi connectivity index (χ4n) is 3.16. The molecule has 1 amide bonds. The molecule has 11 heteroatoms. The van der Waals surface area contributed by atoms with Gasteiger partial charge in [0.1, 0.15) is 6.61 Å². The number of carbonyl (C=O) groups is 1. The maximum atomic E-state index is 13.4. The van der Waals surface area contributed by atoms with Crippen molar-refractivity contribution >= 4 is 19.3 Å². The zero-order valence-corrected chi connectivity index (χ0v) is 19.2. The smallest absolute Gasteiger partial charge is 0.445 e. The number of rotatable bonds is 6. The number of hydrogen-bond donors (Lipinski definition) is 2. The molecule has 1 aromatic heterocycles. The first-order chi connectivity index (χ1) is 15.3. The molecule has 2 N–H and O–H groups in total. The molecule has 0 bridgehead atoms. The van der Waals surface area contributed by atoms with Gasteiger partial charge >= 0.3 is 19.4 Å². The van der Waals surface area contributed by atoms with E-state index in [1.807, 2.05) is 58.0 Å². The first kappa shape index (κ1) is 24.8. The topological polar surface area (TPSA) is 85.5 Å². The van der Waals surface area contributed by atoms with Crippen LogP contribution in [-0.2, 0) is 26.8 Å². The van der Waals surface area contributed by atoms with Crippen LogP contribution in [0.15, 0.2) is 35.8 Å². The highest BCUT2D eigenvalue weighted by molar-refractivity contribution is 6.56. The predicted molar refractivity (Wildman–Crippen MR) is 117 cm³/mol. The van der Waals surface area contributed by atoms with E-state index in [1.165, 1.54) is 13.0 Å². The minimum atomic E-state index is -4.65. The van der Waals surface area contributed by atoms with Crippen LogP contribution in [0.4, 0.5) is 18.0 Å². The Morgan fingerprint density at radius 3 is 2.36 bits per heavy atom. The average molecular weight is 465 g/mol. The monoisotopic (exact) mass is 465 g/mol. The van der Waals surface area contributed by atoms with Crippen molar-refractivity contribution in [2.24, 2.45) is 0 Å². The Morgan fingerprint density at radius 2 is 1.79 bits per heavy atom. The van der Waals surface area contributed by atoms with Gasteiger partial charge in [0.25, 0.3) is 0 Å². The first-order valence-corrected chi connectivity index (χ1v) is 10.4. The molecule has 33 heavy (non-hydrogen) atoms. The maximum Gasteiger partial charge on any atom is 0.492 e. The SMILES string of the molecule is Cc1[nH]nc(C(F)(F)F)c1C=C(CNC(=O)OCc1ccccc1)B1OC(C)(C)C(C)(C)O1. The van der Waals surface area contributed by atoms with Crippen LogP contribution in [0.2, 0.25) is 0 Å². The van der Waals surface area contributed by atoms with Gasteiger partial charge in [0.05, 0.1) is 11.2 Å². The number of alkyl halides is 3. The van der Waals surface area contributed by atoms with Crippen molar-refractivity contribution in [2.45, 2.75) is 58.6 Å². The average Bonchev–Trinajstić information content (AvgIpc) is 3.19. The van der Waals surface area contributed by atoms with E-state index < -0.39 is 36.3 Å². The summed E-state index contributed by atoms with van der Waals surface area (Å²) in [6.45, 7) is 8.71. The molecule has 1 aliphatic heterocycles. The highest BCUT2D eigenvalue weighted by atomic mass is 19.4. The van der Waals surface area contributed by atoms with E-state index in [4.69, 9.17) is 14.0 Å². The standard InChI is InChI=1S/C22H27BF3N3O4/c1-14-17(18(29-28-14)22(24,25)26)11-16(23-32-20(2,3)21(4,5)33-23)12-27-19(30)31-13-15-9-7-6-8-10-15/h6-11H,12-13H2,1-5H3,(H,27,30)(H,28,29). The minimum absolute atomic E-state index is 0.0568. The molecule has 0 atom stereocenters. The molecular formula is C22H27BF3N3O4. The molecule has 1 saturated heterocycles. The molecule has 0 aliphatic carbocycles. The van der Waals surface area contributed by atoms with E-state index in [1.54, 1.807) is 0 Å². The molecule has 2 aromatic rings. The number of aromatic amines is 1. The van der Waals surface area contributed by atoms with Crippen LogP contribution >= 0.6 is 0 Å². The van der Waals surface area contributed by atoms with Crippen LogP contribution < -0.4 is 5.32 Å². The van der Waals surface area contributed by atoms with Gasteiger partial charge in [-0.2, -0.15) is 18.3 Å². The van der Waals surface area contributed by atoms with Crippen LogP contribution in [0.5, 0.6) is 0 Å². The van der Waals surface area contributed by atoms with Crippen LogP contribution in [0.25, 0.3) is 6.08 Å². The molecule has 1 fully saturated rings. The third kappa shape index (κ3) is 5.77. The Balaban J connectivity index is 1.82. The first-order valence-electron chi connectivity index (χ1n) is 10.4. The van der Waals surface area contributed by atoms with Crippen molar-refractivity contribution < 1.29 is 32.0 Å². The Bertz CT molecular complexity index is 1000. The maximum absolute atomic E-state index is 13.4. The molecule has 2 heterocycles. The van der Waals surface area contributed by atoms with Gasteiger partial charge in [-0.25, -0.2) is 4.79 Å². The van der Waals surface area contributed by atoms with E-state index in [0.717, 1.165) is 5.56 Å². The second-order valence-corrected chi connectivity index (χ2v) is 8.83. The van der Waals surface area contributed by atoms with Crippen LogP contribution in [0.1, 0.15) is 50.2 Å². The molecule has 1 aliphatic rings. The van der Waals surface area contributed by atoms with Crippen molar-refractivity contribution in [2.75, 3.05) is 6.54 Å². The molecule has 0 unspecified atom stereocenters. The van der Waals surface area contributed by atoms with Crippen molar-refractivity contribution in [3.8, 4) is 0 Å². The zero-order chi connectivity index (χ0) is 24.4. The van der Waals surface area contributed by atoms with E-state index in [9.17, 15) is 18.0 Å². The van der Waals surface area contributed by atoms with Gasteiger partial charge in [0.2, 0.25) is 0 Å². The van der Waals surface area contributed by atoms with Gasteiger partial charge in [-0.05, 0) is 45.7 Å². The summed E-state index contributed by atoms with van der Waals surface area (Å²) in [5.41, 5.74) is -1.32. The summed E-state index contributed by atoms with van der Waals surface area (Å²) < 4.78 is 57.6. The van der Waals surface area contributed by atoms with Gasteiger partial charge < -0.3 is 19.4 Å². The van der Waals surface area contributed by atoms with Gasteiger partial charge in [0.15, 0.2) is 5.69 Å². The number of ether oxygens (including phenoxy) is 1. The van der Waals surface area contributed by atoms with Crippen LogP contribution in [0.3, 0.4) is 0 Å². The number of halogens is 3. The summed E-state index contributed by atoms with van der Waals surface area (Å²) in [6, 6.07) is 9.10. The second-order valence-electron chi connectivity index (χ2n) is 8.83. The number of nitrogens with zero attached hydrogens (tertiary/aromatic N) is 1. The van der Waals surface area contributed by atoms with E-state index >= 15 is 0 Å². The van der Waals surface area contributed by atoms with Gasteiger partial charge in [-0.3, -0.25) is 5.10 Å². The molecule has 1 aromatic carbocycles. The van der Waals surface area contributed by atoms with Gasteiger partial charge in [-0.15, -0.1) is 0 Å². The molecular weight excluding hydrogens is 438 g/mol. The number of benzene rings is 1. The van der Waals surface area contributed by atoms with Crippen molar-refractivity contribution in [3.63, 3.8) is 0 Å². The quantitative estimate of drug-likeness (QED) is 0.606. The number of aromatic nitrogens is 2. The second kappa shape index (κ2) is 9.22. The van der Waals surface area contributed by atoms with Crippen molar-refractivity contribution in [3.05, 3.63) is 58.3 Å². The van der Waals surface area contributed by atoms with Crippen LogP contribution in [0, 0.1) is 6.92 Å². The fraction of sp³-hybridized carbons (Fsp3) is 0.455. The highest BCUT2D eigenvalue weighted by Gasteiger charge is 2.52. The zero-order valence-electron chi connectivity index (χ0n) is 19.2. The Morgan fingerprint density at radius 1 is 1.18 bits per heavy atom. The summed E-state index contributed by atoms with van der Waals surface area (Å²) in [6.07, 6.45) is -4.08. The number of amides is 1. The third-order valence-corrected chi connectivity index (χ3v) is 5.80. The molecule has 0 spiro atoms. The highest BCUT2D eigenvalue weighted by Crippen LogP contribution is 2.39. The summed E-state index contributed by atoms with van der Waals surface area (Å²) in [5.74, 6) is 0. The molecule has 7 nitrogen and oxygen atoms in total. The third-order valence-electron chi connectivity index (χ3n) is 5.80. The van der Waals surface area contributed by atoms with Crippen LogP contribution in [-0.4, -0.2) is 41.2 Å². The number of nitrogens with one attached hydrogen (secondary N) is 2. The number of carbonyl (C=O) groups excluding carboxylic acids is 1. The molecule has 178 valence electrons. The van der Waals surface area contributed by atoms with E-state index in [-0.39, 0.29) is 24.4 Å². The number of hydrogen-bond acceptors (Lipinski definition) is 5. The van der Waals surface area contributed by atoms with E-state index in [2.05, 4.69) is 15.5 Å². The van der Waals surface area contributed by atoms with Crippen molar-refractivity contribution in [1.29, 1.82) is 0 Å². The Hall–Kier alpha value is -2.79. The Labute approximate surface area is 190 Å². The number of alkyl carbamates (subject to hydrolysis) is 1. The molecule has 3 rings (SSSR count). The number of aryl methyl sites for hydroxylation is 1. The normalized spacial score (nSPS) is 17.8. The lowest BCUT2D eigenvalue weighted by Gasteiger charge is -2.32. The fourth-order valence-corrected chi connectivity index (χ4v) is 3.16. The lowest BCUT2D eigenvalue weighted by Crippen LogP contribution is -2.41. The van der Waals surface area contributed by atoms with Crippen molar-refractivity contribution in [1.82, 2.24) is 15.5 Å². The largest absolute Gasteiger partial charge is 0.492 e. The van der Waals surface area contributed by atoms with E-state index in [0.29, 0.717) is 5.47 Å². The number of H-pyrrole nitrogens is 1. The van der Waals surface area contributed by atoms with Gasteiger partial charge in [-0.1, -0.05) is 36.4 Å². The summed E-state index contributed by atoms with van der Waals surface area (Å²) >= 11 is 0. The summed E-state index contributed by atoms with van der Waals surface area (Å²) in [4.78, 5) is 12.2. The van der Waals surface area contributed by atoms with Gasteiger partial charge in [0, 0.05) is 17.8 Å². The minimum Gasteiger partial charge on any atom is -0.445 e. The molecule has 0 saturated carbocycles. The Kier molecular flexibility index (Phi) is 6.95. The molecule has 0 radical (unpaired) electrons. The lowest BCUT2D eigenvalue weighted by atomic mass is 9.76.